The third-order valence-electron chi connectivity index (χ3n) is 9.22. The maximum absolute atomic E-state index is 14.2. The van der Waals surface area contributed by atoms with Crippen molar-refractivity contribution in [1.82, 2.24) is 4.98 Å². The van der Waals surface area contributed by atoms with Crippen LogP contribution in [0, 0.1) is 12.3 Å². The third kappa shape index (κ3) is 6.50. The second-order valence-electron chi connectivity index (χ2n) is 13.1. The monoisotopic (exact) mass is 902 g/mol. The zero-order valence-electron chi connectivity index (χ0n) is 29.1. The Labute approximate surface area is 339 Å². The normalized spacial score (nSPS) is 13.3. The molecule has 0 radical (unpaired) electrons. The van der Waals surface area contributed by atoms with E-state index in [9.17, 15) is 42.8 Å². The van der Waals surface area contributed by atoms with Crippen LogP contribution in [0.5, 0.6) is 11.5 Å². The molecule has 5 aromatic carbocycles. The van der Waals surface area contributed by atoms with E-state index in [-0.39, 0.29) is 44.0 Å². The van der Waals surface area contributed by atoms with Crippen molar-refractivity contribution >= 4 is 102 Å². The van der Waals surface area contributed by atoms with Crippen molar-refractivity contribution in [1.29, 1.82) is 5.41 Å². The van der Waals surface area contributed by atoms with Crippen molar-refractivity contribution < 1.29 is 51.9 Å². The van der Waals surface area contributed by atoms with Crippen LogP contribution >= 0.6 is 23.2 Å². The summed E-state index contributed by atoms with van der Waals surface area (Å²) in [5, 5.41) is 10.4. The van der Waals surface area contributed by atoms with Crippen LogP contribution in [0.15, 0.2) is 108 Å². The van der Waals surface area contributed by atoms with Gasteiger partial charge >= 0.3 is 10.1 Å². The van der Waals surface area contributed by atoms with Gasteiger partial charge in [0.05, 0.1) is 32.3 Å². The minimum atomic E-state index is -5.42. The van der Waals surface area contributed by atoms with Gasteiger partial charge < -0.3 is 20.2 Å². The number of nitrogens with zero attached hydrogens (tertiary/aromatic N) is 1. The lowest BCUT2D eigenvalue weighted by molar-refractivity contribution is 0.449. The molecular weight excluding hydrogens is 880 g/mol. The SMILES string of the molecule is Cc1ccc(S(=O)(=O)Cc2ccc3cc(S(=O)(=O)c4cc5nc6c(Cl)c7c(c(Cl)c6oc-5c(S(=O)(=O)O)c4=N)Nc4ccc(N)c(S(=O)(=O)O)c4O7)ccc3c2)cc1. The van der Waals surface area contributed by atoms with E-state index in [2.05, 4.69) is 10.3 Å². The molecule has 0 atom stereocenters. The van der Waals surface area contributed by atoms with Crippen LogP contribution in [0.25, 0.3) is 33.3 Å². The number of aryl methyl sites for hydroxylation is 1. The van der Waals surface area contributed by atoms with Crippen molar-refractivity contribution in [3.05, 3.63) is 105 Å². The van der Waals surface area contributed by atoms with E-state index in [0.717, 1.165) is 17.7 Å². The Bertz CT molecular complexity index is 3470. The highest BCUT2D eigenvalue weighted by Gasteiger charge is 2.36. The highest BCUT2D eigenvalue weighted by Crippen LogP contribution is 2.55. The van der Waals surface area contributed by atoms with E-state index in [1.54, 1.807) is 18.2 Å². The number of hydrogen-bond donors (Lipinski definition) is 5. The Morgan fingerprint density at radius 1 is 0.776 bits per heavy atom. The summed E-state index contributed by atoms with van der Waals surface area (Å²) in [4.78, 5) is 1.10. The molecule has 16 nitrogen and oxygen atoms in total. The van der Waals surface area contributed by atoms with Gasteiger partial charge in [0, 0.05) is 0 Å². The number of nitrogen functional groups attached to an aromatic ring is 1. The van der Waals surface area contributed by atoms with E-state index in [4.69, 9.17) is 43.5 Å². The molecule has 22 heteroatoms. The van der Waals surface area contributed by atoms with Crippen LogP contribution in [-0.4, -0.2) is 47.8 Å². The van der Waals surface area contributed by atoms with Crippen LogP contribution in [-0.2, 0) is 45.7 Å². The fourth-order valence-electron chi connectivity index (χ4n) is 6.49. The summed E-state index contributed by atoms with van der Waals surface area (Å²) in [5.41, 5.74) is 5.31. The predicted octanol–water partition coefficient (Wildman–Crippen LogP) is 6.91. The first-order valence-corrected chi connectivity index (χ1v) is 23.1. The van der Waals surface area contributed by atoms with Gasteiger partial charge in [-0.05, 0) is 65.7 Å². The van der Waals surface area contributed by atoms with Gasteiger partial charge in [0.1, 0.15) is 31.8 Å². The number of ether oxygens (including phenoxy) is 1. The quantitative estimate of drug-likeness (QED) is 0.0617. The molecule has 1 aliphatic carbocycles. The number of aromatic nitrogens is 1. The summed E-state index contributed by atoms with van der Waals surface area (Å²) in [6, 6.07) is 18.2. The number of hydrogen-bond acceptors (Lipinski definition) is 14. The standard InChI is InChI=1S/C36H24Cl2N4O12S4/c1-16-2-7-20(8-3-16)55(43,44)15-17-4-5-19-13-21(9-6-18(19)12-17)56(45,46)25-14-24-32(36(28(25)40)58(50,51)52)54-34-26(37)29-33(27(38)30(34)42-24)53-31-23(41-29)11-10-22(39)35(31)57(47,48)49/h2-14,40-41H,15,39H2,1H3,(H,47,48,49)(H,50,51,52). The molecule has 58 heavy (non-hydrogen) atoms. The molecule has 0 saturated carbocycles. The lowest BCUT2D eigenvalue weighted by atomic mass is 10.1. The first-order chi connectivity index (χ1) is 27.1. The average molecular weight is 904 g/mol. The number of rotatable bonds is 7. The van der Waals surface area contributed by atoms with Crippen molar-refractivity contribution in [3.63, 3.8) is 0 Å². The van der Waals surface area contributed by atoms with Crippen molar-refractivity contribution in [2.75, 3.05) is 11.1 Å². The average Bonchev–Trinajstić information content (AvgIpc) is 3.14. The number of nitrogens with two attached hydrogens (primary N) is 1. The summed E-state index contributed by atoms with van der Waals surface area (Å²) in [5.74, 6) is -1.88. The molecule has 0 aromatic heterocycles. The van der Waals surface area contributed by atoms with Crippen LogP contribution < -0.4 is 21.1 Å². The van der Waals surface area contributed by atoms with Gasteiger partial charge in [-0.1, -0.05) is 65.2 Å². The fourth-order valence-corrected chi connectivity index (χ4v) is 11.3. The lowest BCUT2D eigenvalue weighted by Crippen LogP contribution is -2.24. The van der Waals surface area contributed by atoms with E-state index >= 15 is 0 Å². The van der Waals surface area contributed by atoms with Crippen molar-refractivity contribution in [3.8, 4) is 23.0 Å². The number of fused-ring (bicyclic) bond motifs is 5. The van der Waals surface area contributed by atoms with Gasteiger partial charge in [0.25, 0.3) is 10.1 Å². The molecule has 6 N–H and O–H groups in total. The lowest BCUT2D eigenvalue weighted by Gasteiger charge is -2.26. The molecule has 2 aliphatic heterocycles. The molecule has 5 aromatic rings. The second-order valence-corrected chi connectivity index (χ2v) is 20.5. The molecule has 0 fully saturated rings. The summed E-state index contributed by atoms with van der Waals surface area (Å²) in [7, 11) is -18.9. The van der Waals surface area contributed by atoms with Crippen LogP contribution in [0.1, 0.15) is 11.1 Å². The number of nitrogens with one attached hydrogen (secondary N) is 2. The van der Waals surface area contributed by atoms with Crippen LogP contribution in [0.4, 0.5) is 17.1 Å². The first-order valence-electron chi connectivity index (χ1n) is 16.3. The Hall–Kier alpha value is -5.32. The zero-order chi connectivity index (χ0) is 41.9. The Morgan fingerprint density at radius 3 is 2.09 bits per heavy atom. The maximum atomic E-state index is 14.2. The fraction of sp³-hybridized carbons (Fsp3) is 0.0556. The summed E-state index contributed by atoms with van der Waals surface area (Å²) >= 11 is 13.3. The zero-order valence-corrected chi connectivity index (χ0v) is 33.9. The summed E-state index contributed by atoms with van der Waals surface area (Å²) in [6.07, 6.45) is 0. The Balaban J connectivity index is 1.25. The summed E-state index contributed by atoms with van der Waals surface area (Å²) < 4.78 is 136. The second kappa shape index (κ2) is 13.4. The van der Waals surface area contributed by atoms with Gasteiger partial charge in [-0.15, -0.1) is 0 Å². The predicted molar refractivity (Wildman–Crippen MR) is 212 cm³/mol. The number of halogens is 2. The highest BCUT2D eigenvalue weighted by molar-refractivity contribution is 7.91. The number of benzene rings is 6. The van der Waals surface area contributed by atoms with Gasteiger partial charge in [0.15, 0.2) is 42.5 Å². The molecular formula is C36H24Cl2N4O12S4. The molecule has 3 aliphatic rings. The van der Waals surface area contributed by atoms with Gasteiger partial charge in [0.2, 0.25) is 9.84 Å². The number of anilines is 3. The minimum Gasteiger partial charge on any atom is -0.450 e. The third-order valence-corrected chi connectivity index (χ3v) is 15.3. The maximum Gasteiger partial charge on any atom is 0.300 e. The Kier molecular flexibility index (Phi) is 9.10. The van der Waals surface area contributed by atoms with Gasteiger partial charge in [-0.25, -0.2) is 21.8 Å². The number of sulfone groups is 2. The Morgan fingerprint density at radius 2 is 1.41 bits per heavy atom. The topological polar surface area (TPSA) is 274 Å². The molecule has 2 heterocycles. The molecule has 0 amide bonds. The van der Waals surface area contributed by atoms with Gasteiger partial charge in [-0.3, -0.25) is 14.5 Å². The van der Waals surface area contributed by atoms with E-state index < -0.39 is 92.7 Å². The van der Waals surface area contributed by atoms with Gasteiger partial charge in [-0.2, -0.15) is 16.8 Å². The highest BCUT2D eigenvalue weighted by atomic mass is 35.5. The van der Waals surface area contributed by atoms with E-state index in [1.807, 2.05) is 6.92 Å². The molecule has 8 rings (SSSR count). The van der Waals surface area contributed by atoms with Crippen LogP contribution in [0.3, 0.4) is 0 Å². The van der Waals surface area contributed by atoms with Crippen molar-refractivity contribution in [2.45, 2.75) is 37.2 Å². The molecule has 298 valence electrons. The molecule has 0 bridgehead atoms. The van der Waals surface area contributed by atoms with E-state index in [1.165, 1.54) is 48.5 Å². The van der Waals surface area contributed by atoms with E-state index in [0.29, 0.717) is 16.3 Å². The molecule has 0 spiro atoms. The largest absolute Gasteiger partial charge is 0.450 e. The smallest absolute Gasteiger partial charge is 0.300 e. The van der Waals surface area contributed by atoms with Crippen molar-refractivity contribution in [2.24, 2.45) is 0 Å². The van der Waals surface area contributed by atoms with Crippen LogP contribution in [0.2, 0.25) is 10.0 Å². The molecule has 0 unspecified atom stereocenters. The molecule has 0 saturated heterocycles. The summed E-state index contributed by atoms with van der Waals surface area (Å²) in [6.45, 7) is 1.83. The minimum absolute atomic E-state index is 0.0394. The first kappa shape index (κ1) is 39.5.